The molecule has 0 bridgehead atoms. The average Bonchev–Trinajstić information content (AvgIpc) is 3.17. The maximum absolute atomic E-state index is 12.9. The Balaban J connectivity index is 1.25. The van der Waals surface area contributed by atoms with E-state index in [1.54, 1.807) is 0 Å². The van der Waals surface area contributed by atoms with Crippen molar-refractivity contribution in [1.82, 2.24) is 14.9 Å². The van der Waals surface area contributed by atoms with E-state index < -0.39 is 0 Å². The van der Waals surface area contributed by atoms with Crippen LogP contribution in [0.25, 0.3) is 11.0 Å². The minimum Gasteiger partial charge on any atom is -0.343 e. The number of imidazole rings is 1. The van der Waals surface area contributed by atoms with Crippen LogP contribution >= 0.6 is 0 Å². The molecule has 1 aliphatic rings. The standard InChI is InChI=1S/C23H25FN4O2/c1-15-2-7-19-20(14-15)27-23(26-19)16-10-12-28(13-11-16)22(30)9-8-21(29)25-18-5-3-17(24)4-6-18/h2-7,14,16H,8-13H2,1H3,(H,25,29)(H,26,27). The number of hydrogen-bond acceptors (Lipinski definition) is 3. The second kappa shape index (κ2) is 8.65. The van der Waals surface area contributed by atoms with Gasteiger partial charge in [0, 0.05) is 37.5 Å². The third-order valence-corrected chi connectivity index (χ3v) is 5.58. The molecule has 0 unspecified atom stereocenters. The number of halogens is 1. The number of likely N-dealkylation sites (tertiary alicyclic amines) is 1. The van der Waals surface area contributed by atoms with Gasteiger partial charge in [0.15, 0.2) is 0 Å². The van der Waals surface area contributed by atoms with Gasteiger partial charge in [0.1, 0.15) is 11.6 Å². The lowest BCUT2D eigenvalue weighted by Gasteiger charge is -2.31. The van der Waals surface area contributed by atoms with Crippen molar-refractivity contribution in [3.63, 3.8) is 0 Å². The van der Waals surface area contributed by atoms with E-state index in [-0.39, 0.29) is 30.5 Å². The van der Waals surface area contributed by atoms with Gasteiger partial charge >= 0.3 is 0 Å². The molecule has 1 fully saturated rings. The van der Waals surface area contributed by atoms with Crippen LogP contribution in [0.2, 0.25) is 0 Å². The maximum atomic E-state index is 12.9. The minimum absolute atomic E-state index is 0.0112. The second-order valence-corrected chi connectivity index (χ2v) is 7.85. The molecule has 2 N–H and O–H groups in total. The van der Waals surface area contributed by atoms with E-state index >= 15 is 0 Å². The molecule has 2 aromatic carbocycles. The summed E-state index contributed by atoms with van der Waals surface area (Å²) in [6.45, 7) is 3.39. The molecule has 3 aromatic rings. The number of nitrogens with zero attached hydrogens (tertiary/aromatic N) is 2. The largest absolute Gasteiger partial charge is 0.343 e. The number of carbonyl (C=O) groups excluding carboxylic acids is 2. The predicted octanol–water partition coefficient (Wildman–Crippen LogP) is 4.14. The zero-order chi connectivity index (χ0) is 21.1. The van der Waals surface area contributed by atoms with Crippen molar-refractivity contribution in [2.24, 2.45) is 0 Å². The number of fused-ring (bicyclic) bond motifs is 1. The number of H-pyrrole nitrogens is 1. The number of carbonyl (C=O) groups is 2. The number of aryl methyl sites for hydroxylation is 1. The summed E-state index contributed by atoms with van der Waals surface area (Å²) in [5.74, 6) is 0.680. The van der Waals surface area contributed by atoms with Crippen LogP contribution in [0.3, 0.4) is 0 Å². The topological polar surface area (TPSA) is 78.1 Å². The number of aromatic nitrogens is 2. The van der Waals surface area contributed by atoms with Crippen LogP contribution in [0.15, 0.2) is 42.5 Å². The number of rotatable bonds is 5. The van der Waals surface area contributed by atoms with Crippen molar-refractivity contribution < 1.29 is 14.0 Å². The summed E-state index contributed by atoms with van der Waals surface area (Å²) in [5.41, 5.74) is 3.74. The summed E-state index contributed by atoms with van der Waals surface area (Å²) >= 11 is 0. The Morgan fingerprint density at radius 2 is 1.87 bits per heavy atom. The molecular formula is C23H25FN4O2. The molecule has 1 saturated heterocycles. The minimum atomic E-state index is -0.357. The Morgan fingerprint density at radius 1 is 1.13 bits per heavy atom. The molecule has 2 heterocycles. The Kier molecular flexibility index (Phi) is 5.79. The average molecular weight is 408 g/mol. The first-order valence-corrected chi connectivity index (χ1v) is 10.3. The van der Waals surface area contributed by atoms with Gasteiger partial charge in [-0.15, -0.1) is 0 Å². The van der Waals surface area contributed by atoms with Gasteiger partial charge in [-0.25, -0.2) is 9.37 Å². The summed E-state index contributed by atoms with van der Waals surface area (Å²) < 4.78 is 12.9. The Morgan fingerprint density at radius 3 is 2.60 bits per heavy atom. The summed E-state index contributed by atoms with van der Waals surface area (Å²) in [7, 11) is 0. The van der Waals surface area contributed by atoms with Crippen LogP contribution < -0.4 is 5.32 Å². The molecule has 0 radical (unpaired) electrons. The normalized spacial score (nSPS) is 14.8. The molecule has 2 amide bonds. The molecular weight excluding hydrogens is 383 g/mol. The van der Waals surface area contributed by atoms with Gasteiger partial charge in [-0.2, -0.15) is 0 Å². The van der Waals surface area contributed by atoms with Crippen molar-refractivity contribution in [3.05, 3.63) is 59.7 Å². The highest BCUT2D eigenvalue weighted by molar-refractivity contribution is 5.93. The quantitative estimate of drug-likeness (QED) is 0.666. The van der Waals surface area contributed by atoms with E-state index in [2.05, 4.69) is 29.4 Å². The van der Waals surface area contributed by atoms with E-state index in [4.69, 9.17) is 4.98 Å². The molecule has 6 nitrogen and oxygen atoms in total. The lowest BCUT2D eigenvalue weighted by Crippen LogP contribution is -2.38. The molecule has 0 spiro atoms. The molecule has 4 rings (SSSR count). The van der Waals surface area contributed by atoms with E-state index in [0.717, 1.165) is 29.7 Å². The zero-order valence-electron chi connectivity index (χ0n) is 17.0. The van der Waals surface area contributed by atoms with Gasteiger partial charge in [-0.1, -0.05) is 6.07 Å². The van der Waals surface area contributed by atoms with Gasteiger partial charge in [0.25, 0.3) is 0 Å². The van der Waals surface area contributed by atoms with Crippen LogP contribution in [0, 0.1) is 12.7 Å². The summed E-state index contributed by atoms with van der Waals surface area (Å²) in [5, 5.41) is 2.68. The molecule has 30 heavy (non-hydrogen) atoms. The number of anilines is 1. The summed E-state index contributed by atoms with van der Waals surface area (Å²) in [6, 6.07) is 11.8. The van der Waals surface area contributed by atoms with Crippen molar-refractivity contribution in [1.29, 1.82) is 0 Å². The fraction of sp³-hybridized carbons (Fsp3) is 0.348. The van der Waals surface area contributed by atoms with Gasteiger partial charge < -0.3 is 15.2 Å². The molecule has 1 aromatic heterocycles. The third kappa shape index (κ3) is 4.67. The highest BCUT2D eigenvalue weighted by Crippen LogP contribution is 2.28. The lowest BCUT2D eigenvalue weighted by molar-refractivity contribution is -0.133. The second-order valence-electron chi connectivity index (χ2n) is 7.85. The Bertz CT molecular complexity index is 1050. The molecule has 0 aliphatic carbocycles. The van der Waals surface area contributed by atoms with Gasteiger partial charge in [0.05, 0.1) is 11.0 Å². The highest BCUT2D eigenvalue weighted by Gasteiger charge is 2.26. The third-order valence-electron chi connectivity index (χ3n) is 5.58. The van der Waals surface area contributed by atoms with Crippen molar-refractivity contribution in [2.45, 2.75) is 38.5 Å². The fourth-order valence-corrected chi connectivity index (χ4v) is 3.87. The molecule has 7 heteroatoms. The fourth-order valence-electron chi connectivity index (χ4n) is 3.87. The number of benzene rings is 2. The van der Waals surface area contributed by atoms with E-state index in [9.17, 15) is 14.0 Å². The van der Waals surface area contributed by atoms with Crippen LogP contribution in [0.1, 0.15) is 43.0 Å². The molecule has 0 atom stereocenters. The van der Waals surface area contributed by atoms with Crippen LogP contribution in [0.4, 0.5) is 10.1 Å². The summed E-state index contributed by atoms with van der Waals surface area (Å²) in [4.78, 5) is 34.5. The van der Waals surface area contributed by atoms with Crippen LogP contribution in [-0.4, -0.2) is 39.8 Å². The highest BCUT2D eigenvalue weighted by atomic mass is 19.1. The number of aromatic amines is 1. The van der Waals surface area contributed by atoms with Crippen molar-refractivity contribution >= 4 is 28.5 Å². The Hall–Kier alpha value is -3.22. The van der Waals surface area contributed by atoms with E-state index in [1.807, 2.05) is 11.0 Å². The molecule has 156 valence electrons. The van der Waals surface area contributed by atoms with Gasteiger partial charge in [-0.3, -0.25) is 9.59 Å². The van der Waals surface area contributed by atoms with Crippen LogP contribution in [-0.2, 0) is 9.59 Å². The van der Waals surface area contributed by atoms with Crippen LogP contribution in [0.5, 0.6) is 0 Å². The lowest BCUT2D eigenvalue weighted by atomic mass is 9.96. The molecule has 0 saturated carbocycles. The Labute approximate surface area is 174 Å². The van der Waals surface area contributed by atoms with E-state index in [1.165, 1.54) is 29.8 Å². The van der Waals surface area contributed by atoms with E-state index in [0.29, 0.717) is 24.7 Å². The van der Waals surface area contributed by atoms with Gasteiger partial charge in [-0.05, 0) is 61.7 Å². The number of nitrogens with one attached hydrogen (secondary N) is 2. The number of hydrogen-bond donors (Lipinski definition) is 2. The zero-order valence-corrected chi connectivity index (χ0v) is 17.0. The number of piperidine rings is 1. The van der Waals surface area contributed by atoms with Gasteiger partial charge in [0.2, 0.25) is 11.8 Å². The monoisotopic (exact) mass is 408 g/mol. The smallest absolute Gasteiger partial charge is 0.224 e. The first kappa shape index (κ1) is 20.1. The maximum Gasteiger partial charge on any atom is 0.224 e. The predicted molar refractivity (Wildman–Crippen MR) is 114 cm³/mol. The number of amides is 2. The van der Waals surface area contributed by atoms with Crippen molar-refractivity contribution in [3.8, 4) is 0 Å². The van der Waals surface area contributed by atoms with Crippen molar-refractivity contribution in [2.75, 3.05) is 18.4 Å². The first-order valence-electron chi connectivity index (χ1n) is 10.3. The molecule has 1 aliphatic heterocycles. The summed E-state index contributed by atoms with van der Waals surface area (Å²) in [6.07, 6.45) is 1.99. The SMILES string of the molecule is Cc1ccc2nc(C3CCN(C(=O)CCC(=O)Nc4ccc(F)cc4)CC3)[nH]c2c1. The first-order chi connectivity index (χ1) is 14.5.